The van der Waals surface area contributed by atoms with Crippen LogP contribution in [0.4, 0.5) is 10.5 Å². The predicted octanol–water partition coefficient (Wildman–Crippen LogP) is 2.91. The second-order valence-corrected chi connectivity index (χ2v) is 8.94. The van der Waals surface area contributed by atoms with Crippen molar-refractivity contribution in [3.63, 3.8) is 0 Å². The third kappa shape index (κ3) is 3.97. The molecule has 154 valence electrons. The van der Waals surface area contributed by atoms with Gasteiger partial charge in [0.05, 0.1) is 0 Å². The van der Waals surface area contributed by atoms with E-state index in [9.17, 15) is 4.79 Å². The summed E-state index contributed by atoms with van der Waals surface area (Å²) in [5.41, 5.74) is 1.67. The molecule has 0 bridgehead atoms. The first-order valence-electron chi connectivity index (χ1n) is 11.0. The van der Waals surface area contributed by atoms with Gasteiger partial charge in [-0.05, 0) is 63.2 Å². The topological polar surface area (TPSA) is 42.9 Å². The van der Waals surface area contributed by atoms with Crippen LogP contribution in [0, 0.1) is 5.41 Å². The number of piperidine rings is 2. The van der Waals surface area contributed by atoms with Gasteiger partial charge in [0.2, 0.25) is 0 Å². The highest BCUT2D eigenvalue weighted by Gasteiger charge is 2.42. The van der Waals surface area contributed by atoms with E-state index in [1.54, 1.807) is 0 Å². The highest BCUT2D eigenvalue weighted by molar-refractivity contribution is 5.74. The molecule has 3 aliphatic rings. The summed E-state index contributed by atoms with van der Waals surface area (Å²) >= 11 is 0. The fraction of sp³-hybridized carbons (Fsp3) is 0.727. The van der Waals surface area contributed by atoms with Crippen LogP contribution in [0.3, 0.4) is 0 Å². The summed E-state index contributed by atoms with van der Waals surface area (Å²) in [7, 11) is 2.20. The Labute approximate surface area is 169 Å². The van der Waals surface area contributed by atoms with Crippen molar-refractivity contribution in [1.82, 2.24) is 19.7 Å². The lowest BCUT2D eigenvalue weighted by molar-refractivity contribution is 0.0872. The van der Waals surface area contributed by atoms with Gasteiger partial charge < -0.3 is 19.6 Å². The molecule has 3 saturated heterocycles. The van der Waals surface area contributed by atoms with Crippen LogP contribution in [-0.4, -0.2) is 84.6 Å². The van der Waals surface area contributed by atoms with E-state index in [4.69, 9.17) is 0 Å². The Balaban J connectivity index is 1.27. The number of carbonyl (C=O) groups is 1. The number of hydrogen-bond acceptors (Lipinski definition) is 4. The molecule has 2 amide bonds. The molecule has 28 heavy (non-hydrogen) atoms. The highest BCUT2D eigenvalue weighted by Crippen LogP contribution is 2.42. The third-order valence-electron chi connectivity index (χ3n) is 7.42. The number of rotatable bonds is 3. The molecule has 3 fully saturated rings. The number of likely N-dealkylation sites (tertiary alicyclic amines) is 2. The zero-order valence-corrected chi connectivity index (χ0v) is 17.5. The molecule has 3 aliphatic heterocycles. The van der Waals surface area contributed by atoms with Crippen LogP contribution in [0.5, 0.6) is 0 Å². The van der Waals surface area contributed by atoms with E-state index in [0.29, 0.717) is 11.5 Å². The molecule has 6 nitrogen and oxygen atoms in total. The standard InChI is InChI=1S/C22H35N5O/c1-3-24(2)19-6-13-25(14-7-19)21(28)26-15-8-22(9-16-26)10-17-27(18-22)20-4-11-23-12-5-20/h4-5,11-12,19H,3,6-10,13-18H2,1-2H3. The summed E-state index contributed by atoms with van der Waals surface area (Å²) < 4.78 is 0. The largest absolute Gasteiger partial charge is 0.371 e. The number of anilines is 1. The molecule has 0 atom stereocenters. The first-order valence-corrected chi connectivity index (χ1v) is 11.0. The lowest BCUT2D eigenvalue weighted by Crippen LogP contribution is -2.53. The van der Waals surface area contributed by atoms with E-state index in [1.165, 1.54) is 12.1 Å². The molecule has 0 aliphatic carbocycles. The van der Waals surface area contributed by atoms with Crippen LogP contribution in [0.1, 0.15) is 39.0 Å². The first kappa shape index (κ1) is 19.5. The fourth-order valence-electron chi connectivity index (χ4n) is 5.25. The highest BCUT2D eigenvalue weighted by atomic mass is 16.2. The number of aromatic nitrogens is 1. The molecule has 0 N–H and O–H groups in total. The molecular weight excluding hydrogens is 350 g/mol. The van der Waals surface area contributed by atoms with E-state index in [-0.39, 0.29) is 6.03 Å². The minimum atomic E-state index is 0.274. The van der Waals surface area contributed by atoms with Gasteiger partial charge in [-0.3, -0.25) is 4.98 Å². The lowest BCUT2D eigenvalue weighted by Gasteiger charge is -2.43. The molecule has 1 aromatic heterocycles. The quantitative estimate of drug-likeness (QED) is 0.802. The maximum atomic E-state index is 13.0. The second kappa shape index (κ2) is 8.27. The summed E-state index contributed by atoms with van der Waals surface area (Å²) in [6.07, 6.45) is 9.48. The predicted molar refractivity (Wildman–Crippen MR) is 113 cm³/mol. The Morgan fingerprint density at radius 1 is 1.07 bits per heavy atom. The van der Waals surface area contributed by atoms with E-state index in [2.05, 4.69) is 50.7 Å². The maximum Gasteiger partial charge on any atom is 0.319 e. The molecule has 0 radical (unpaired) electrons. The van der Waals surface area contributed by atoms with Crippen molar-refractivity contribution in [2.24, 2.45) is 5.41 Å². The Hall–Kier alpha value is -1.82. The van der Waals surface area contributed by atoms with E-state index < -0.39 is 0 Å². The number of pyridine rings is 1. The number of amides is 2. The van der Waals surface area contributed by atoms with Crippen LogP contribution in [-0.2, 0) is 0 Å². The van der Waals surface area contributed by atoms with E-state index in [0.717, 1.165) is 71.5 Å². The molecule has 4 heterocycles. The summed E-state index contributed by atoms with van der Waals surface area (Å²) in [5, 5.41) is 0. The molecule has 1 spiro atoms. The minimum absolute atomic E-state index is 0.274. The fourth-order valence-corrected chi connectivity index (χ4v) is 5.25. The summed E-state index contributed by atoms with van der Waals surface area (Å²) in [6.45, 7) is 9.18. The van der Waals surface area contributed by atoms with Crippen molar-refractivity contribution in [1.29, 1.82) is 0 Å². The average molecular weight is 386 g/mol. The number of carbonyl (C=O) groups excluding carboxylic acids is 1. The zero-order valence-electron chi connectivity index (χ0n) is 17.5. The third-order valence-corrected chi connectivity index (χ3v) is 7.42. The Bertz CT molecular complexity index is 650. The second-order valence-electron chi connectivity index (χ2n) is 8.94. The van der Waals surface area contributed by atoms with Crippen molar-refractivity contribution in [2.45, 2.75) is 45.1 Å². The number of nitrogens with zero attached hydrogens (tertiary/aromatic N) is 5. The van der Waals surface area contributed by atoms with Crippen LogP contribution in [0.2, 0.25) is 0 Å². The molecule has 0 aromatic carbocycles. The van der Waals surface area contributed by atoms with Gasteiger partial charge in [0.1, 0.15) is 0 Å². The average Bonchev–Trinajstić information content (AvgIpc) is 3.17. The molecular formula is C22H35N5O. The van der Waals surface area contributed by atoms with Gasteiger partial charge in [0.15, 0.2) is 0 Å². The van der Waals surface area contributed by atoms with Gasteiger partial charge >= 0.3 is 6.03 Å². The van der Waals surface area contributed by atoms with Crippen LogP contribution in [0.25, 0.3) is 0 Å². The summed E-state index contributed by atoms with van der Waals surface area (Å²) in [5.74, 6) is 0. The molecule has 0 saturated carbocycles. The van der Waals surface area contributed by atoms with Gasteiger partial charge in [-0.25, -0.2) is 4.79 Å². The van der Waals surface area contributed by atoms with Crippen LogP contribution < -0.4 is 4.90 Å². The Morgan fingerprint density at radius 3 is 2.32 bits per heavy atom. The molecule has 1 aromatic rings. The maximum absolute atomic E-state index is 13.0. The summed E-state index contributed by atoms with van der Waals surface area (Å²) in [4.78, 5) is 26.3. The monoisotopic (exact) mass is 385 g/mol. The molecule has 4 rings (SSSR count). The first-order chi connectivity index (χ1) is 13.6. The van der Waals surface area contributed by atoms with Gasteiger partial charge in [0, 0.05) is 63.4 Å². The van der Waals surface area contributed by atoms with Gasteiger partial charge in [0.25, 0.3) is 0 Å². The van der Waals surface area contributed by atoms with Crippen LogP contribution in [0.15, 0.2) is 24.5 Å². The van der Waals surface area contributed by atoms with Crippen molar-refractivity contribution in [3.05, 3.63) is 24.5 Å². The molecule has 6 heteroatoms. The van der Waals surface area contributed by atoms with Crippen molar-refractivity contribution in [3.8, 4) is 0 Å². The Kier molecular flexibility index (Phi) is 5.76. The van der Waals surface area contributed by atoms with Crippen molar-refractivity contribution in [2.75, 3.05) is 57.8 Å². The minimum Gasteiger partial charge on any atom is -0.371 e. The van der Waals surface area contributed by atoms with E-state index in [1.807, 2.05) is 12.4 Å². The smallest absolute Gasteiger partial charge is 0.319 e. The molecule has 0 unspecified atom stereocenters. The number of urea groups is 1. The SMILES string of the molecule is CCN(C)C1CCN(C(=O)N2CCC3(CC2)CCN(c2ccncc2)C3)CC1. The zero-order chi connectivity index (χ0) is 19.6. The van der Waals surface area contributed by atoms with Gasteiger partial charge in [-0.1, -0.05) is 6.92 Å². The van der Waals surface area contributed by atoms with Crippen molar-refractivity contribution >= 4 is 11.7 Å². The van der Waals surface area contributed by atoms with Gasteiger partial charge in [-0.2, -0.15) is 0 Å². The normalized spacial score (nSPS) is 23.0. The van der Waals surface area contributed by atoms with Crippen LogP contribution >= 0.6 is 0 Å². The van der Waals surface area contributed by atoms with E-state index >= 15 is 0 Å². The Morgan fingerprint density at radius 2 is 1.68 bits per heavy atom. The summed E-state index contributed by atoms with van der Waals surface area (Å²) in [6, 6.07) is 5.13. The number of hydrogen-bond donors (Lipinski definition) is 0. The van der Waals surface area contributed by atoms with Gasteiger partial charge in [-0.15, -0.1) is 0 Å². The lowest BCUT2D eigenvalue weighted by atomic mass is 9.78. The van der Waals surface area contributed by atoms with Crippen molar-refractivity contribution < 1.29 is 4.79 Å².